The van der Waals surface area contributed by atoms with Gasteiger partial charge in [0, 0.05) is 58.4 Å². The highest BCUT2D eigenvalue weighted by atomic mass is 32.2. The molecule has 2 aliphatic rings. The van der Waals surface area contributed by atoms with Crippen molar-refractivity contribution in [3.8, 4) is 0 Å². The highest BCUT2D eigenvalue weighted by Gasteiger charge is 2.40. The van der Waals surface area contributed by atoms with Crippen LogP contribution in [0.2, 0.25) is 0 Å². The SMILES string of the molecule is CCCN1C[C@H](C[S@](C)=O)C[C@H]2c3cccc4[nH]cc(c34)C[C@H]21. The van der Waals surface area contributed by atoms with Gasteiger partial charge in [-0.15, -0.1) is 0 Å². The standard InChI is InChI=1S/C19H26N2OS/c1-3-7-21-11-13(12-23(2)22)8-16-15-5-4-6-17-19(15)14(10-20-17)9-18(16)21/h4-6,10,13,16,18,20H,3,7-9,11-12H2,1-2H3/t13-,16+,18-,23+/m1/s1. The van der Waals surface area contributed by atoms with Gasteiger partial charge in [-0.1, -0.05) is 19.1 Å². The summed E-state index contributed by atoms with van der Waals surface area (Å²) in [6.45, 7) is 4.54. The second kappa shape index (κ2) is 6.06. The maximum Gasteiger partial charge on any atom is 0.0459 e. The van der Waals surface area contributed by atoms with E-state index in [-0.39, 0.29) is 0 Å². The van der Waals surface area contributed by atoms with E-state index in [9.17, 15) is 4.21 Å². The van der Waals surface area contributed by atoms with Crippen LogP contribution < -0.4 is 0 Å². The first-order valence-corrected chi connectivity index (χ1v) is 10.5. The van der Waals surface area contributed by atoms with Crippen LogP contribution in [0.4, 0.5) is 0 Å². The molecule has 0 radical (unpaired) electrons. The van der Waals surface area contributed by atoms with Gasteiger partial charge < -0.3 is 4.98 Å². The molecule has 2 aromatic rings. The second-order valence-corrected chi connectivity index (χ2v) is 8.78. The summed E-state index contributed by atoms with van der Waals surface area (Å²) in [5.41, 5.74) is 4.28. The molecule has 2 heterocycles. The fourth-order valence-corrected chi connectivity index (χ4v) is 5.80. The third-order valence-electron chi connectivity index (χ3n) is 5.64. The zero-order valence-electron chi connectivity index (χ0n) is 14.0. The summed E-state index contributed by atoms with van der Waals surface area (Å²) in [6.07, 6.45) is 7.59. The van der Waals surface area contributed by atoms with Crippen molar-refractivity contribution in [1.82, 2.24) is 9.88 Å². The Hall–Kier alpha value is -1.13. The number of nitrogens with one attached hydrogen (secondary N) is 1. The number of aromatic nitrogens is 1. The molecule has 1 saturated heterocycles. The van der Waals surface area contributed by atoms with Crippen molar-refractivity contribution in [3.63, 3.8) is 0 Å². The number of fused-ring (bicyclic) bond motifs is 2. The van der Waals surface area contributed by atoms with Crippen LogP contribution in [0.1, 0.15) is 36.8 Å². The maximum atomic E-state index is 11.8. The molecular weight excluding hydrogens is 304 g/mol. The third kappa shape index (κ3) is 2.66. The van der Waals surface area contributed by atoms with Crippen molar-refractivity contribution in [3.05, 3.63) is 35.5 Å². The topological polar surface area (TPSA) is 36.1 Å². The highest BCUT2D eigenvalue weighted by Crippen LogP contribution is 2.44. The smallest absolute Gasteiger partial charge is 0.0459 e. The van der Waals surface area contributed by atoms with Crippen molar-refractivity contribution in [1.29, 1.82) is 0 Å². The number of likely N-dealkylation sites (tertiary alicyclic amines) is 1. The Balaban J connectivity index is 1.74. The number of rotatable bonds is 4. The molecule has 0 amide bonds. The van der Waals surface area contributed by atoms with Crippen molar-refractivity contribution < 1.29 is 4.21 Å². The van der Waals surface area contributed by atoms with E-state index in [4.69, 9.17) is 0 Å². The van der Waals surface area contributed by atoms with E-state index in [2.05, 4.69) is 41.2 Å². The molecule has 3 nitrogen and oxygen atoms in total. The monoisotopic (exact) mass is 330 g/mol. The molecule has 4 rings (SSSR count). The lowest BCUT2D eigenvalue weighted by molar-refractivity contribution is 0.0923. The zero-order valence-corrected chi connectivity index (χ0v) is 14.9. The molecule has 1 aliphatic heterocycles. The molecular formula is C19H26N2OS. The normalized spacial score (nSPS) is 28.7. The molecule has 1 aromatic carbocycles. The highest BCUT2D eigenvalue weighted by molar-refractivity contribution is 7.84. The predicted octanol–water partition coefficient (Wildman–Crippen LogP) is 3.29. The van der Waals surface area contributed by atoms with Crippen LogP contribution in [-0.4, -0.2) is 45.2 Å². The second-order valence-electron chi connectivity index (χ2n) is 7.30. The summed E-state index contributed by atoms with van der Waals surface area (Å²) >= 11 is 0. The summed E-state index contributed by atoms with van der Waals surface area (Å²) in [5.74, 6) is 2.00. The molecule has 0 bridgehead atoms. The molecule has 4 atom stereocenters. The van der Waals surface area contributed by atoms with E-state index in [0.717, 1.165) is 25.3 Å². The average molecular weight is 330 g/mol. The summed E-state index contributed by atoms with van der Waals surface area (Å²) in [5, 5.41) is 1.46. The summed E-state index contributed by atoms with van der Waals surface area (Å²) in [7, 11) is -0.701. The van der Waals surface area contributed by atoms with Gasteiger partial charge >= 0.3 is 0 Å². The van der Waals surface area contributed by atoms with Gasteiger partial charge in [-0.05, 0) is 48.9 Å². The van der Waals surface area contributed by atoms with Crippen LogP contribution in [0.25, 0.3) is 10.9 Å². The van der Waals surface area contributed by atoms with Crippen molar-refractivity contribution in [2.45, 2.75) is 38.1 Å². The molecule has 1 N–H and O–H groups in total. The Labute approximate surface area is 140 Å². The Morgan fingerprint density at radius 3 is 3.04 bits per heavy atom. The van der Waals surface area contributed by atoms with E-state index in [0.29, 0.717) is 17.9 Å². The number of nitrogens with zero attached hydrogens (tertiary/aromatic N) is 1. The summed E-state index contributed by atoms with van der Waals surface area (Å²) < 4.78 is 11.8. The molecule has 0 saturated carbocycles. The van der Waals surface area contributed by atoms with Gasteiger partial charge in [0.2, 0.25) is 0 Å². The third-order valence-corrected chi connectivity index (χ3v) is 6.58. The van der Waals surface area contributed by atoms with Crippen LogP contribution in [0.15, 0.2) is 24.4 Å². The molecule has 4 heteroatoms. The van der Waals surface area contributed by atoms with E-state index < -0.39 is 10.8 Å². The summed E-state index contributed by atoms with van der Waals surface area (Å²) in [6, 6.07) is 7.32. The molecule has 1 aliphatic carbocycles. The molecule has 1 fully saturated rings. The number of hydrogen-bond donors (Lipinski definition) is 1. The van der Waals surface area contributed by atoms with Gasteiger partial charge in [0.1, 0.15) is 0 Å². The Morgan fingerprint density at radius 2 is 2.26 bits per heavy atom. The zero-order chi connectivity index (χ0) is 16.0. The first-order chi connectivity index (χ1) is 11.2. The van der Waals surface area contributed by atoms with Gasteiger partial charge in [-0.2, -0.15) is 0 Å². The molecule has 0 unspecified atom stereocenters. The Kier molecular flexibility index (Phi) is 4.06. The number of hydrogen-bond acceptors (Lipinski definition) is 2. The predicted molar refractivity (Wildman–Crippen MR) is 97.4 cm³/mol. The lowest BCUT2D eigenvalue weighted by Crippen LogP contribution is -2.51. The van der Waals surface area contributed by atoms with Crippen LogP contribution >= 0.6 is 0 Å². The van der Waals surface area contributed by atoms with Crippen LogP contribution in [0.3, 0.4) is 0 Å². The number of aromatic amines is 1. The minimum absolute atomic E-state index is 0.560. The lowest BCUT2D eigenvalue weighted by atomic mass is 9.72. The molecule has 124 valence electrons. The maximum absolute atomic E-state index is 11.8. The van der Waals surface area contributed by atoms with Gasteiger partial charge in [-0.25, -0.2) is 0 Å². The molecule has 0 spiro atoms. The average Bonchev–Trinajstić information content (AvgIpc) is 2.93. The van der Waals surface area contributed by atoms with Crippen molar-refractivity contribution in [2.24, 2.45) is 5.92 Å². The Bertz CT molecular complexity index is 738. The minimum atomic E-state index is -0.701. The Morgan fingerprint density at radius 1 is 1.39 bits per heavy atom. The van der Waals surface area contributed by atoms with Gasteiger partial charge in [0.15, 0.2) is 0 Å². The number of benzene rings is 1. The quantitative estimate of drug-likeness (QED) is 0.934. The molecule has 1 aromatic heterocycles. The van der Waals surface area contributed by atoms with E-state index in [1.807, 2.05) is 6.26 Å². The van der Waals surface area contributed by atoms with Gasteiger partial charge in [-0.3, -0.25) is 9.11 Å². The van der Waals surface area contributed by atoms with Gasteiger partial charge in [0.05, 0.1) is 0 Å². The van der Waals surface area contributed by atoms with Crippen LogP contribution in [0.5, 0.6) is 0 Å². The number of H-pyrrole nitrogens is 1. The van der Waals surface area contributed by atoms with Crippen molar-refractivity contribution in [2.75, 3.05) is 25.1 Å². The van der Waals surface area contributed by atoms with Crippen molar-refractivity contribution >= 4 is 21.7 Å². The van der Waals surface area contributed by atoms with Gasteiger partial charge in [0.25, 0.3) is 0 Å². The van der Waals surface area contributed by atoms with Crippen LogP contribution in [0, 0.1) is 5.92 Å². The summed E-state index contributed by atoms with van der Waals surface area (Å²) in [4.78, 5) is 6.13. The van der Waals surface area contributed by atoms with Crippen LogP contribution in [-0.2, 0) is 17.2 Å². The lowest BCUT2D eigenvalue weighted by Gasteiger charge is -2.47. The first kappa shape index (κ1) is 15.4. The fourth-order valence-electron chi connectivity index (χ4n) is 4.90. The minimum Gasteiger partial charge on any atom is -0.361 e. The molecule has 23 heavy (non-hydrogen) atoms. The first-order valence-electron chi connectivity index (χ1n) is 8.80. The van der Waals surface area contributed by atoms with E-state index in [1.165, 1.54) is 34.9 Å². The largest absolute Gasteiger partial charge is 0.361 e. The van der Waals surface area contributed by atoms with E-state index in [1.54, 1.807) is 0 Å². The van der Waals surface area contributed by atoms with E-state index >= 15 is 0 Å². The number of piperidine rings is 1. The fraction of sp³-hybridized carbons (Fsp3) is 0.579.